The molecule has 0 amide bonds. The molecule has 0 aliphatic carbocycles. The molecule has 192 valence electrons. The van der Waals surface area contributed by atoms with E-state index in [-0.39, 0.29) is 51.2 Å². The quantitative estimate of drug-likeness (QED) is 0.124. The van der Waals surface area contributed by atoms with Crippen molar-refractivity contribution in [3.8, 4) is 0 Å². The second-order valence-electron chi connectivity index (χ2n) is 6.84. The molecule has 0 aromatic heterocycles. The van der Waals surface area contributed by atoms with E-state index in [2.05, 4.69) is 66.7 Å². The summed E-state index contributed by atoms with van der Waals surface area (Å²) < 4.78 is 0. The average Bonchev–Trinajstić information content (AvgIpc) is 3.65. The van der Waals surface area contributed by atoms with E-state index in [9.17, 15) is 0 Å². The fourth-order valence-corrected chi connectivity index (χ4v) is 5.34. The van der Waals surface area contributed by atoms with Crippen molar-refractivity contribution in [2.24, 2.45) is 0 Å². The van der Waals surface area contributed by atoms with Crippen LogP contribution >= 0.6 is 17.2 Å². The van der Waals surface area contributed by atoms with Crippen molar-refractivity contribution in [2.45, 2.75) is 0 Å². The maximum Gasteiger partial charge on any atom is 0 e. The van der Waals surface area contributed by atoms with Crippen LogP contribution in [0.3, 0.4) is 0 Å². The van der Waals surface area contributed by atoms with E-state index in [4.69, 9.17) is 0 Å². The molecule has 0 radical (unpaired) electrons. The van der Waals surface area contributed by atoms with Crippen molar-refractivity contribution in [1.82, 2.24) is 0 Å². The third kappa shape index (κ3) is 14.6. The first-order chi connectivity index (χ1) is 15.9. The average molecular weight is 618 g/mol. The van der Waals surface area contributed by atoms with Gasteiger partial charge in [0.25, 0.3) is 0 Å². The Morgan fingerprint density at radius 1 is 0.486 bits per heavy atom. The number of rotatable bonds is 4. The molecule has 0 aliphatic heterocycles. The van der Waals surface area contributed by atoms with Crippen molar-refractivity contribution >= 4 is 38.4 Å². The molecule has 2 unspecified atom stereocenters. The van der Waals surface area contributed by atoms with Gasteiger partial charge in [-0.25, -0.2) is 60.7 Å². The standard InChI is InChI=1S/C15H13P2.3C5H5.3Fe/c1-2-7-12(6-1)16-14-10-5-11-15(14)17-13-8-3-4-9-13;3*1-2-4-5-3-1;;;/h1-11,16-17H;3*1-5H;;;/q-3;-5;2*-1;;;. The summed E-state index contributed by atoms with van der Waals surface area (Å²) in [6, 6.07) is 54.0. The Bertz CT molecular complexity index is 936. The summed E-state index contributed by atoms with van der Waals surface area (Å²) in [5.41, 5.74) is 0. The third-order valence-electron chi connectivity index (χ3n) is 4.37. The van der Waals surface area contributed by atoms with Crippen LogP contribution in [0, 0.1) is 0 Å². The van der Waals surface area contributed by atoms with Crippen molar-refractivity contribution in [1.29, 1.82) is 0 Å². The summed E-state index contributed by atoms with van der Waals surface area (Å²) in [4.78, 5) is 0. The SMILES string of the molecule is [Fe].[Fe].[Fe].[cH-]1[cH-][cH-][cH-][cH-]1.c1cc[c-](Pc2ccc[c-]2P[c-]2cccc2)c1.c1cc[cH-]c1.c1cc[cH-]c1. The van der Waals surface area contributed by atoms with Gasteiger partial charge in [-0.1, -0.05) is 0 Å². The first kappa shape index (κ1) is 33.5. The number of hydrogen-bond donors (Lipinski definition) is 0. The zero-order valence-electron chi connectivity index (χ0n) is 19.1. The first-order valence-corrected chi connectivity index (χ1v) is 12.6. The molecule has 0 saturated heterocycles. The molecule has 5 heteroatoms. The van der Waals surface area contributed by atoms with Gasteiger partial charge in [0.2, 0.25) is 0 Å². The summed E-state index contributed by atoms with van der Waals surface area (Å²) in [7, 11) is 1.59. The third-order valence-corrected chi connectivity index (χ3v) is 7.27. The molecule has 0 nitrogen and oxygen atoms in total. The van der Waals surface area contributed by atoms with Gasteiger partial charge in [-0.05, 0) is 0 Å². The molecule has 0 bridgehead atoms. The van der Waals surface area contributed by atoms with Crippen LogP contribution in [-0.2, 0) is 51.2 Å². The molecule has 0 spiro atoms. The van der Waals surface area contributed by atoms with Gasteiger partial charge in [-0.3, -0.25) is 0 Å². The van der Waals surface area contributed by atoms with E-state index >= 15 is 0 Å². The maximum atomic E-state index is 2.26. The fraction of sp³-hybridized carbons (Fsp3) is 0. The first-order valence-electron chi connectivity index (χ1n) is 10.6. The Balaban J connectivity index is 0.000000529. The van der Waals surface area contributed by atoms with Gasteiger partial charge in [-0.2, -0.15) is 75.3 Å². The second kappa shape index (κ2) is 21.8. The molecular formula is C30H28Fe3P2-10. The largest absolute Gasteiger partial charge is 0.748 e. The Labute approximate surface area is 245 Å². The van der Waals surface area contributed by atoms with Crippen molar-refractivity contribution < 1.29 is 51.2 Å². The predicted octanol–water partition coefficient (Wildman–Crippen LogP) is 6.31. The molecule has 0 saturated carbocycles. The molecule has 0 aliphatic rings. The smallest absolute Gasteiger partial charge is 0 e. The van der Waals surface area contributed by atoms with Gasteiger partial charge in [0.1, 0.15) is 0 Å². The zero-order chi connectivity index (χ0) is 22.1. The van der Waals surface area contributed by atoms with E-state index in [1.807, 2.05) is 91.0 Å². The van der Waals surface area contributed by atoms with Gasteiger partial charge in [0, 0.05) is 51.2 Å². The van der Waals surface area contributed by atoms with Crippen LogP contribution < -0.4 is 21.2 Å². The molecule has 6 aromatic carbocycles. The van der Waals surface area contributed by atoms with Gasteiger partial charge in [-0.15, -0.1) is 29.8 Å². The van der Waals surface area contributed by atoms with E-state index in [1.165, 1.54) is 21.2 Å². The van der Waals surface area contributed by atoms with Crippen molar-refractivity contribution in [2.75, 3.05) is 0 Å². The Morgan fingerprint density at radius 3 is 1.31 bits per heavy atom. The molecule has 0 N–H and O–H groups in total. The van der Waals surface area contributed by atoms with Crippen LogP contribution in [0.2, 0.25) is 0 Å². The minimum Gasteiger partial charge on any atom is -0.748 e. The molecule has 6 aromatic rings. The monoisotopic (exact) mass is 618 g/mol. The zero-order valence-corrected chi connectivity index (χ0v) is 24.4. The minimum absolute atomic E-state index is 0. The Morgan fingerprint density at radius 2 is 0.914 bits per heavy atom. The normalized spacial score (nSPS) is 9.37. The predicted molar refractivity (Wildman–Crippen MR) is 147 cm³/mol. The van der Waals surface area contributed by atoms with Crippen LogP contribution in [-0.4, -0.2) is 0 Å². The summed E-state index contributed by atoms with van der Waals surface area (Å²) in [5, 5.41) is 5.86. The van der Waals surface area contributed by atoms with Gasteiger partial charge >= 0.3 is 0 Å². The van der Waals surface area contributed by atoms with E-state index in [1.54, 1.807) is 0 Å². The number of hydrogen-bond acceptors (Lipinski definition) is 0. The Kier molecular flexibility index (Phi) is 20.9. The molecular weight excluding hydrogens is 590 g/mol. The Hall–Kier alpha value is -1.48. The van der Waals surface area contributed by atoms with Crippen molar-refractivity contribution in [3.63, 3.8) is 0 Å². The second-order valence-corrected chi connectivity index (χ2v) is 9.57. The fourth-order valence-electron chi connectivity index (χ4n) is 2.83. The van der Waals surface area contributed by atoms with Crippen LogP contribution in [0.1, 0.15) is 0 Å². The summed E-state index contributed by atoms with van der Waals surface area (Å²) in [5.74, 6) is 0. The van der Waals surface area contributed by atoms with Crippen LogP contribution in [0.15, 0.2) is 158 Å². The van der Waals surface area contributed by atoms with Gasteiger partial charge < -0.3 is 30.3 Å². The molecule has 0 fully saturated rings. The molecule has 35 heavy (non-hydrogen) atoms. The summed E-state index contributed by atoms with van der Waals surface area (Å²) in [6.45, 7) is 0. The van der Waals surface area contributed by atoms with Crippen LogP contribution in [0.5, 0.6) is 0 Å². The van der Waals surface area contributed by atoms with E-state index < -0.39 is 0 Å². The van der Waals surface area contributed by atoms with E-state index in [0.29, 0.717) is 0 Å². The molecule has 0 heterocycles. The van der Waals surface area contributed by atoms with Crippen LogP contribution in [0.4, 0.5) is 0 Å². The maximum absolute atomic E-state index is 2.26. The van der Waals surface area contributed by atoms with Crippen molar-refractivity contribution in [3.05, 3.63) is 158 Å². The van der Waals surface area contributed by atoms with Gasteiger partial charge in [0.05, 0.1) is 0 Å². The summed E-state index contributed by atoms with van der Waals surface area (Å²) >= 11 is 0. The van der Waals surface area contributed by atoms with Gasteiger partial charge in [0.15, 0.2) is 0 Å². The summed E-state index contributed by atoms with van der Waals surface area (Å²) in [6.07, 6.45) is 0. The molecule has 6 rings (SSSR count). The minimum atomic E-state index is 0. The van der Waals surface area contributed by atoms with Crippen LogP contribution in [0.25, 0.3) is 0 Å². The topological polar surface area (TPSA) is 0 Å². The van der Waals surface area contributed by atoms with E-state index in [0.717, 1.165) is 17.2 Å². The molecule has 2 atom stereocenters.